The zero-order chi connectivity index (χ0) is 15.2. The number of hydrogen-bond donors (Lipinski definition) is 2. The fourth-order valence-corrected chi connectivity index (χ4v) is 3.25. The number of amides is 1. The van der Waals surface area contributed by atoms with Crippen molar-refractivity contribution in [2.24, 2.45) is 5.92 Å². The second kappa shape index (κ2) is 7.64. The third-order valence-electron chi connectivity index (χ3n) is 4.16. The summed E-state index contributed by atoms with van der Waals surface area (Å²) in [6, 6.07) is 3.67. The van der Waals surface area contributed by atoms with Gasteiger partial charge in [-0.2, -0.15) is 0 Å². The van der Waals surface area contributed by atoms with Gasteiger partial charge >= 0.3 is 0 Å². The maximum absolute atomic E-state index is 12.5. The number of nitrogens with one attached hydrogen (secondary N) is 2. The molecular weight excluding hydrogens is 286 g/mol. The molecule has 2 N–H and O–H groups in total. The number of carbonyl (C=O) groups is 1. The fraction of sp³-hybridized carbons (Fsp3) is 0.625. The molecule has 0 bridgehead atoms. The van der Waals surface area contributed by atoms with Crippen LogP contribution < -0.4 is 10.6 Å². The molecule has 1 aromatic heterocycles. The third-order valence-corrected chi connectivity index (χ3v) is 4.36. The van der Waals surface area contributed by atoms with Gasteiger partial charge in [-0.05, 0) is 37.8 Å². The molecule has 4 nitrogen and oxygen atoms in total. The van der Waals surface area contributed by atoms with Crippen molar-refractivity contribution < 1.29 is 4.79 Å². The number of pyridine rings is 1. The van der Waals surface area contributed by atoms with E-state index >= 15 is 0 Å². The minimum Gasteiger partial charge on any atom is -0.370 e. The van der Waals surface area contributed by atoms with Gasteiger partial charge in [-0.3, -0.25) is 4.79 Å². The Kier molecular flexibility index (Phi) is 5.85. The number of aromatic nitrogens is 1. The lowest BCUT2D eigenvalue weighted by Gasteiger charge is -2.31. The van der Waals surface area contributed by atoms with E-state index in [1.165, 1.54) is 19.3 Å². The average Bonchev–Trinajstić information content (AvgIpc) is 2.47. The van der Waals surface area contributed by atoms with Crippen molar-refractivity contribution >= 4 is 23.3 Å². The first-order valence-corrected chi connectivity index (χ1v) is 8.24. The molecule has 1 heterocycles. The standard InChI is InChI=1S/C16H24ClN3O/c1-3-11-7-5-6-8-13(11)19-16(21)12-9-14(17)20-15(10-12)18-4-2/h9-11,13H,3-8H2,1-2H3,(H,18,20)(H,19,21). The summed E-state index contributed by atoms with van der Waals surface area (Å²) < 4.78 is 0. The Morgan fingerprint density at radius 3 is 2.81 bits per heavy atom. The van der Waals surface area contributed by atoms with Crippen molar-refractivity contribution in [2.75, 3.05) is 11.9 Å². The summed E-state index contributed by atoms with van der Waals surface area (Å²) in [6.45, 7) is 4.92. The molecule has 2 rings (SSSR count). The second-order valence-electron chi connectivity index (χ2n) is 5.63. The number of hydrogen-bond acceptors (Lipinski definition) is 3. The van der Waals surface area contributed by atoms with Gasteiger partial charge in [0.1, 0.15) is 11.0 Å². The summed E-state index contributed by atoms with van der Waals surface area (Å²) in [5.74, 6) is 1.18. The topological polar surface area (TPSA) is 54.0 Å². The number of carbonyl (C=O) groups excluding carboxylic acids is 1. The van der Waals surface area contributed by atoms with Crippen LogP contribution in [0.3, 0.4) is 0 Å². The molecule has 0 aliphatic heterocycles. The molecule has 0 aromatic carbocycles. The Balaban J connectivity index is 2.08. The predicted molar refractivity (Wildman–Crippen MR) is 86.9 cm³/mol. The molecule has 21 heavy (non-hydrogen) atoms. The molecule has 5 heteroatoms. The Bertz CT molecular complexity index is 492. The lowest BCUT2D eigenvalue weighted by molar-refractivity contribution is 0.0904. The van der Waals surface area contributed by atoms with Crippen molar-refractivity contribution in [3.05, 3.63) is 22.8 Å². The van der Waals surface area contributed by atoms with Crippen LogP contribution in [0.25, 0.3) is 0 Å². The van der Waals surface area contributed by atoms with Crippen LogP contribution in [0, 0.1) is 5.92 Å². The Morgan fingerprint density at radius 2 is 2.10 bits per heavy atom. The van der Waals surface area contributed by atoms with Crippen molar-refractivity contribution in [3.63, 3.8) is 0 Å². The van der Waals surface area contributed by atoms with Crippen LogP contribution in [0.2, 0.25) is 5.15 Å². The normalized spacial score (nSPS) is 21.9. The first-order chi connectivity index (χ1) is 10.1. The molecule has 1 amide bonds. The van der Waals surface area contributed by atoms with Gasteiger partial charge in [-0.15, -0.1) is 0 Å². The predicted octanol–water partition coefficient (Wildman–Crippen LogP) is 3.87. The van der Waals surface area contributed by atoms with Gasteiger partial charge in [0.2, 0.25) is 0 Å². The molecule has 116 valence electrons. The van der Waals surface area contributed by atoms with E-state index in [4.69, 9.17) is 11.6 Å². The first kappa shape index (κ1) is 16.1. The molecule has 1 saturated carbocycles. The quantitative estimate of drug-likeness (QED) is 0.812. The SMILES string of the molecule is CCNc1cc(C(=O)NC2CCCCC2CC)cc(Cl)n1. The number of halogens is 1. The zero-order valence-electron chi connectivity index (χ0n) is 12.8. The summed E-state index contributed by atoms with van der Waals surface area (Å²) in [4.78, 5) is 16.6. The van der Waals surface area contributed by atoms with E-state index < -0.39 is 0 Å². The number of nitrogens with zero attached hydrogens (tertiary/aromatic N) is 1. The molecular formula is C16H24ClN3O. The van der Waals surface area contributed by atoms with Crippen molar-refractivity contribution in [1.29, 1.82) is 0 Å². The highest BCUT2D eigenvalue weighted by molar-refractivity contribution is 6.29. The summed E-state index contributed by atoms with van der Waals surface area (Å²) >= 11 is 6.00. The summed E-state index contributed by atoms with van der Waals surface area (Å²) in [7, 11) is 0. The van der Waals surface area contributed by atoms with E-state index in [0.29, 0.717) is 22.5 Å². The van der Waals surface area contributed by atoms with Gasteiger partial charge in [-0.1, -0.05) is 37.8 Å². The molecule has 1 fully saturated rings. The second-order valence-corrected chi connectivity index (χ2v) is 6.01. The van der Waals surface area contributed by atoms with Crippen molar-refractivity contribution in [1.82, 2.24) is 10.3 Å². The van der Waals surface area contributed by atoms with E-state index in [1.54, 1.807) is 12.1 Å². The minimum atomic E-state index is -0.0520. The highest BCUT2D eigenvalue weighted by Crippen LogP contribution is 2.27. The van der Waals surface area contributed by atoms with Gasteiger partial charge in [0.05, 0.1) is 0 Å². The van der Waals surface area contributed by atoms with E-state index in [9.17, 15) is 4.79 Å². The number of anilines is 1. The maximum atomic E-state index is 12.5. The van der Waals surface area contributed by atoms with Crippen LogP contribution in [-0.4, -0.2) is 23.5 Å². The molecule has 2 atom stereocenters. The summed E-state index contributed by atoms with van der Waals surface area (Å²) in [5, 5.41) is 6.61. The highest BCUT2D eigenvalue weighted by atomic mass is 35.5. The summed E-state index contributed by atoms with van der Waals surface area (Å²) in [6.07, 6.45) is 5.87. The maximum Gasteiger partial charge on any atom is 0.251 e. The zero-order valence-corrected chi connectivity index (χ0v) is 13.5. The van der Waals surface area contributed by atoms with Gasteiger partial charge in [0.15, 0.2) is 0 Å². The minimum absolute atomic E-state index is 0.0520. The fourth-order valence-electron chi connectivity index (χ4n) is 3.04. The van der Waals surface area contributed by atoms with Crippen LogP contribution in [-0.2, 0) is 0 Å². The largest absolute Gasteiger partial charge is 0.370 e. The molecule has 1 aromatic rings. The Labute approximate surface area is 131 Å². The average molecular weight is 310 g/mol. The first-order valence-electron chi connectivity index (χ1n) is 7.86. The molecule has 2 unspecified atom stereocenters. The number of rotatable bonds is 5. The van der Waals surface area contributed by atoms with E-state index in [1.807, 2.05) is 6.92 Å². The van der Waals surface area contributed by atoms with Crippen molar-refractivity contribution in [2.45, 2.75) is 52.0 Å². The molecule has 1 aliphatic carbocycles. The van der Waals surface area contributed by atoms with Crippen molar-refractivity contribution in [3.8, 4) is 0 Å². The lowest BCUT2D eigenvalue weighted by atomic mass is 9.83. The highest BCUT2D eigenvalue weighted by Gasteiger charge is 2.25. The summed E-state index contributed by atoms with van der Waals surface area (Å²) in [5.41, 5.74) is 0.575. The van der Waals surface area contributed by atoms with Crippen LogP contribution in [0.1, 0.15) is 56.3 Å². The van der Waals surface area contributed by atoms with Gasteiger partial charge < -0.3 is 10.6 Å². The van der Waals surface area contributed by atoms with Gasteiger partial charge in [-0.25, -0.2) is 4.98 Å². The van der Waals surface area contributed by atoms with Crippen LogP contribution >= 0.6 is 11.6 Å². The molecule has 0 saturated heterocycles. The van der Waals surface area contributed by atoms with E-state index in [2.05, 4.69) is 22.5 Å². The molecule has 1 aliphatic rings. The Morgan fingerprint density at radius 1 is 1.33 bits per heavy atom. The van der Waals surface area contributed by atoms with E-state index in [-0.39, 0.29) is 11.9 Å². The smallest absolute Gasteiger partial charge is 0.251 e. The third kappa shape index (κ3) is 4.34. The van der Waals surface area contributed by atoms with Gasteiger partial charge in [0.25, 0.3) is 5.91 Å². The monoisotopic (exact) mass is 309 g/mol. The molecule has 0 radical (unpaired) electrons. The molecule has 0 spiro atoms. The van der Waals surface area contributed by atoms with Crippen LogP contribution in [0.4, 0.5) is 5.82 Å². The Hall–Kier alpha value is -1.29. The van der Waals surface area contributed by atoms with Crippen LogP contribution in [0.15, 0.2) is 12.1 Å². The lowest BCUT2D eigenvalue weighted by Crippen LogP contribution is -2.41. The van der Waals surface area contributed by atoms with Gasteiger partial charge in [0, 0.05) is 18.2 Å². The van der Waals surface area contributed by atoms with E-state index in [0.717, 1.165) is 19.4 Å². The van der Waals surface area contributed by atoms with Crippen LogP contribution in [0.5, 0.6) is 0 Å².